The van der Waals surface area contributed by atoms with E-state index in [1.54, 1.807) is 0 Å². The quantitative estimate of drug-likeness (QED) is 0.559. The SMILES string of the molecule is CS(=O)(=O)CCS(=O)(=O)N1CCCC(C(=O)NCCN)C1. The number of nitrogens with zero attached hydrogens (tertiary/aromatic N) is 1. The summed E-state index contributed by atoms with van der Waals surface area (Å²) in [5.41, 5.74) is 5.31. The third-order valence-electron chi connectivity index (χ3n) is 3.30. The van der Waals surface area contributed by atoms with Gasteiger partial charge in [0.2, 0.25) is 15.9 Å². The lowest BCUT2D eigenvalue weighted by Gasteiger charge is -2.31. The van der Waals surface area contributed by atoms with Crippen molar-refractivity contribution in [2.75, 3.05) is 43.9 Å². The average molecular weight is 341 g/mol. The van der Waals surface area contributed by atoms with E-state index in [4.69, 9.17) is 5.73 Å². The largest absolute Gasteiger partial charge is 0.355 e. The van der Waals surface area contributed by atoms with E-state index in [0.29, 0.717) is 32.5 Å². The zero-order valence-electron chi connectivity index (χ0n) is 12.1. The molecule has 0 aromatic heterocycles. The van der Waals surface area contributed by atoms with Gasteiger partial charge in [-0.05, 0) is 12.8 Å². The molecule has 0 aromatic rings. The first-order valence-electron chi connectivity index (χ1n) is 6.79. The van der Waals surface area contributed by atoms with Crippen LogP contribution >= 0.6 is 0 Å². The minimum Gasteiger partial charge on any atom is -0.355 e. The van der Waals surface area contributed by atoms with E-state index < -0.39 is 37.3 Å². The number of nitrogens with one attached hydrogen (secondary N) is 1. The van der Waals surface area contributed by atoms with Gasteiger partial charge in [0.25, 0.3) is 0 Å². The van der Waals surface area contributed by atoms with E-state index in [-0.39, 0.29) is 12.5 Å². The number of sulfone groups is 1. The molecular weight excluding hydrogens is 318 g/mol. The number of amides is 1. The summed E-state index contributed by atoms with van der Waals surface area (Å²) in [5, 5.41) is 2.65. The number of piperidine rings is 1. The molecule has 1 fully saturated rings. The molecule has 0 radical (unpaired) electrons. The lowest BCUT2D eigenvalue weighted by atomic mass is 9.99. The highest BCUT2D eigenvalue weighted by Crippen LogP contribution is 2.19. The normalized spacial score (nSPS) is 21.1. The van der Waals surface area contributed by atoms with Crippen LogP contribution in [0.2, 0.25) is 0 Å². The Bertz CT molecular complexity index is 558. The van der Waals surface area contributed by atoms with Crippen molar-refractivity contribution in [1.29, 1.82) is 0 Å². The van der Waals surface area contributed by atoms with Crippen molar-refractivity contribution in [3.63, 3.8) is 0 Å². The van der Waals surface area contributed by atoms with Gasteiger partial charge in [-0.15, -0.1) is 0 Å². The van der Waals surface area contributed by atoms with E-state index in [0.717, 1.165) is 6.26 Å². The van der Waals surface area contributed by atoms with Crippen molar-refractivity contribution >= 4 is 25.8 Å². The Kier molecular flexibility index (Phi) is 6.57. The highest BCUT2D eigenvalue weighted by Gasteiger charge is 2.32. The van der Waals surface area contributed by atoms with Crippen molar-refractivity contribution in [2.24, 2.45) is 11.7 Å². The molecule has 10 heteroatoms. The Balaban J connectivity index is 2.64. The molecule has 0 aromatic carbocycles. The van der Waals surface area contributed by atoms with Crippen LogP contribution in [0.1, 0.15) is 12.8 Å². The lowest BCUT2D eigenvalue weighted by molar-refractivity contribution is -0.126. The molecule has 1 rings (SSSR count). The summed E-state index contributed by atoms with van der Waals surface area (Å²) in [6, 6.07) is 0. The second-order valence-electron chi connectivity index (χ2n) is 5.22. The van der Waals surface area contributed by atoms with Crippen LogP contribution in [0, 0.1) is 5.92 Å². The average Bonchev–Trinajstić information content (AvgIpc) is 2.42. The Morgan fingerprint density at radius 2 is 1.95 bits per heavy atom. The molecule has 1 saturated heterocycles. The van der Waals surface area contributed by atoms with E-state index in [9.17, 15) is 21.6 Å². The fourth-order valence-corrected chi connectivity index (χ4v) is 5.26. The van der Waals surface area contributed by atoms with E-state index in [1.165, 1.54) is 4.31 Å². The van der Waals surface area contributed by atoms with Gasteiger partial charge >= 0.3 is 0 Å². The predicted octanol–water partition coefficient (Wildman–Crippen LogP) is -1.85. The second kappa shape index (κ2) is 7.52. The van der Waals surface area contributed by atoms with E-state index >= 15 is 0 Å². The molecule has 0 aliphatic carbocycles. The molecular formula is C11H23N3O5S2. The first-order chi connectivity index (χ1) is 9.65. The third kappa shape index (κ3) is 6.29. The van der Waals surface area contributed by atoms with Crippen molar-refractivity contribution in [3.8, 4) is 0 Å². The zero-order valence-corrected chi connectivity index (χ0v) is 13.7. The van der Waals surface area contributed by atoms with Gasteiger partial charge in [0.1, 0.15) is 9.84 Å². The van der Waals surface area contributed by atoms with Gasteiger partial charge in [0, 0.05) is 32.4 Å². The molecule has 0 saturated carbocycles. The fourth-order valence-electron chi connectivity index (χ4n) is 2.13. The highest BCUT2D eigenvalue weighted by molar-refractivity contribution is 7.93. The molecule has 1 heterocycles. The minimum atomic E-state index is -3.65. The summed E-state index contributed by atoms with van der Waals surface area (Å²) in [4.78, 5) is 11.9. The zero-order chi connectivity index (χ0) is 16.1. The van der Waals surface area contributed by atoms with Gasteiger partial charge in [-0.2, -0.15) is 0 Å². The van der Waals surface area contributed by atoms with Crippen LogP contribution in [0.4, 0.5) is 0 Å². The highest BCUT2D eigenvalue weighted by atomic mass is 32.2. The van der Waals surface area contributed by atoms with Crippen LogP contribution in [0.15, 0.2) is 0 Å². The third-order valence-corrected chi connectivity index (χ3v) is 6.35. The molecule has 1 aliphatic heterocycles. The summed E-state index contributed by atoms with van der Waals surface area (Å²) >= 11 is 0. The Morgan fingerprint density at radius 1 is 1.29 bits per heavy atom. The number of carbonyl (C=O) groups is 1. The van der Waals surface area contributed by atoms with Crippen molar-refractivity contribution in [3.05, 3.63) is 0 Å². The Labute approximate surface area is 126 Å². The molecule has 1 amide bonds. The Hall–Kier alpha value is -0.710. The summed E-state index contributed by atoms with van der Waals surface area (Å²) in [6.45, 7) is 1.11. The summed E-state index contributed by atoms with van der Waals surface area (Å²) < 4.78 is 47.7. The van der Waals surface area contributed by atoms with Gasteiger partial charge in [-0.1, -0.05) is 0 Å². The minimum absolute atomic E-state index is 0.0997. The van der Waals surface area contributed by atoms with Gasteiger partial charge in [0.05, 0.1) is 17.4 Å². The lowest BCUT2D eigenvalue weighted by Crippen LogP contribution is -2.47. The first kappa shape index (κ1) is 18.3. The van der Waals surface area contributed by atoms with Crippen LogP contribution in [0.3, 0.4) is 0 Å². The number of nitrogens with two attached hydrogens (primary N) is 1. The van der Waals surface area contributed by atoms with Crippen LogP contribution in [0.25, 0.3) is 0 Å². The van der Waals surface area contributed by atoms with E-state index in [1.807, 2.05) is 0 Å². The molecule has 1 atom stereocenters. The molecule has 124 valence electrons. The van der Waals surface area contributed by atoms with Gasteiger partial charge in [-0.25, -0.2) is 21.1 Å². The van der Waals surface area contributed by atoms with Crippen LogP contribution < -0.4 is 11.1 Å². The molecule has 0 spiro atoms. The Morgan fingerprint density at radius 3 is 2.52 bits per heavy atom. The molecule has 0 bridgehead atoms. The van der Waals surface area contributed by atoms with Crippen molar-refractivity contribution in [1.82, 2.24) is 9.62 Å². The maximum absolute atomic E-state index is 12.1. The predicted molar refractivity (Wildman–Crippen MR) is 79.9 cm³/mol. The number of rotatable bonds is 7. The maximum atomic E-state index is 12.1. The standard InChI is InChI=1S/C11H23N3O5S2/c1-20(16,17)7-8-21(18,19)14-6-2-3-10(9-14)11(15)13-5-4-12/h10H,2-9,12H2,1H3,(H,13,15). The van der Waals surface area contributed by atoms with E-state index in [2.05, 4.69) is 5.32 Å². The molecule has 1 unspecified atom stereocenters. The van der Waals surface area contributed by atoms with Crippen LogP contribution in [-0.2, 0) is 24.7 Å². The fraction of sp³-hybridized carbons (Fsp3) is 0.909. The van der Waals surface area contributed by atoms with Gasteiger partial charge < -0.3 is 11.1 Å². The van der Waals surface area contributed by atoms with Crippen LogP contribution in [0.5, 0.6) is 0 Å². The molecule has 3 N–H and O–H groups in total. The summed E-state index contributed by atoms with van der Waals surface area (Å²) in [7, 11) is -6.99. The first-order valence-corrected chi connectivity index (χ1v) is 10.5. The van der Waals surface area contributed by atoms with Crippen molar-refractivity contribution < 1.29 is 21.6 Å². The monoisotopic (exact) mass is 341 g/mol. The van der Waals surface area contributed by atoms with Gasteiger partial charge in [0.15, 0.2) is 0 Å². The second-order valence-corrected chi connectivity index (χ2v) is 9.57. The summed E-state index contributed by atoms with van der Waals surface area (Å²) in [6.07, 6.45) is 2.20. The molecule has 21 heavy (non-hydrogen) atoms. The maximum Gasteiger partial charge on any atom is 0.224 e. The molecule has 1 aliphatic rings. The topological polar surface area (TPSA) is 127 Å². The number of hydrogen-bond acceptors (Lipinski definition) is 6. The molecule has 8 nitrogen and oxygen atoms in total. The van der Waals surface area contributed by atoms with Crippen LogP contribution in [-0.4, -0.2) is 71.0 Å². The smallest absolute Gasteiger partial charge is 0.224 e. The number of hydrogen-bond donors (Lipinski definition) is 2. The number of carbonyl (C=O) groups excluding carboxylic acids is 1. The summed E-state index contributed by atoms with van der Waals surface area (Å²) in [5.74, 6) is -1.46. The van der Waals surface area contributed by atoms with Gasteiger partial charge in [-0.3, -0.25) is 4.79 Å². The number of sulfonamides is 1. The van der Waals surface area contributed by atoms with Crippen molar-refractivity contribution in [2.45, 2.75) is 12.8 Å².